The topological polar surface area (TPSA) is 49.3 Å². The van der Waals surface area contributed by atoms with Crippen molar-refractivity contribution >= 4 is 17.5 Å². The lowest BCUT2D eigenvalue weighted by molar-refractivity contribution is -0.123. The van der Waals surface area contributed by atoms with Gasteiger partial charge in [-0.3, -0.25) is 4.79 Å². The average molecular weight is 218 g/mol. The summed E-state index contributed by atoms with van der Waals surface area (Å²) in [6.07, 6.45) is 0. The van der Waals surface area contributed by atoms with Crippen molar-refractivity contribution in [3.05, 3.63) is 34.6 Å². The number of benzene rings is 1. The van der Waals surface area contributed by atoms with Gasteiger partial charge in [-0.1, -0.05) is 17.7 Å². The lowest BCUT2D eigenvalue weighted by atomic mass is 10.2. The second-order valence-corrected chi connectivity index (χ2v) is 3.04. The van der Waals surface area contributed by atoms with Crippen LogP contribution in [0.25, 0.3) is 0 Å². The Labute approximate surface area is 85.5 Å². The number of halogens is 2. The molecule has 0 aliphatic heterocycles. The van der Waals surface area contributed by atoms with Crippen LogP contribution < -0.4 is 5.32 Å². The monoisotopic (exact) mass is 217 g/mol. The summed E-state index contributed by atoms with van der Waals surface area (Å²) in [5, 5.41) is 11.0. The van der Waals surface area contributed by atoms with Gasteiger partial charge in [0, 0.05) is 17.1 Å². The van der Waals surface area contributed by atoms with Gasteiger partial charge in [-0.15, -0.1) is 0 Å². The van der Waals surface area contributed by atoms with E-state index in [0.717, 1.165) is 0 Å². The highest BCUT2D eigenvalue weighted by Gasteiger charge is 2.07. The van der Waals surface area contributed by atoms with Crippen LogP contribution in [-0.2, 0) is 11.3 Å². The van der Waals surface area contributed by atoms with Crippen molar-refractivity contribution in [2.75, 3.05) is 6.61 Å². The Kier molecular flexibility index (Phi) is 3.85. The van der Waals surface area contributed by atoms with Crippen molar-refractivity contribution in [3.63, 3.8) is 0 Å². The van der Waals surface area contributed by atoms with Crippen molar-refractivity contribution in [3.8, 4) is 0 Å². The van der Waals surface area contributed by atoms with Gasteiger partial charge in [0.15, 0.2) is 0 Å². The van der Waals surface area contributed by atoms with E-state index >= 15 is 0 Å². The first kappa shape index (κ1) is 10.9. The predicted molar refractivity (Wildman–Crippen MR) is 50.3 cm³/mol. The van der Waals surface area contributed by atoms with Crippen LogP contribution in [0.1, 0.15) is 5.56 Å². The lowest BCUT2D eigenvalue weighted by Crippen LogP contribution is -2.26. The molecule has 0 aliphatic carbocycles. The molecule has 76 valence electrons. The Morgan fingerprint density at radius 2 is 2.29 bits per heavy atom. The second kappa shape index (κ2) is 4.93. The third-order valence-corrected chi connectivity index (χ3v) is 2.02. The zero-order chi connectivity index (χ0) is 10.6. The molecule has 1 aromatic rings. The van der Waals surface area contributed by atoms with Crippen molar-refractivity contribution in [2.45, 2.75) is 6.54 Å². The molecule has 0 aliphatic rings. The van der Waals surface area contributed by atoms with Gasteiger partial charge in [0.2, 0.25) is 5.91 Å². The maximum absolute atomic E-state index is 13.1. The standard InChI is InChI=1S/C9H9ClFNO2/c10-7-2-1-3-8(11)6(7)4-12-9(14)5-13/h1-3,13H,4-5H2,(H,12,14). The number of hydrogen-bond acceptors (Lipinski definition) is 2. The summed E-state index contributed by atoms with van der Waals surface area (Å²) in [7, 11) is 0. The van der Waals surface area contributed by atoms with Crippen molar-refractivity contribution < 1.29 is 14.3 Å². The molecule has 0 fully saturated rings. The number of amides is 1. The number of aliphatic hydroxyl groups excluding tert-OH is 1. The van der Waals surface area contributed by atoms with Crippen LogP contribution in [0.3, 0.4) is 0 Å². The molecule has 0 aromatic heterocycles. The first-order valence-corrected chi connectivity index (χ1v) is 4.33. The smallest absolute Gasteiger partial charge is 0.245 e. The van der Waals surface area contributed by atoms with Crippen LogP contribution >= 0.6 is 11.6 Å². The van der Waals surface area contributed by atoms with Gasteiger partial charge in [0.1, 0.15) is 12.4 Å². The normalized spacial score (nSPS) is 9.93. The zero-order valence-electron chi connectivity index (χ0n) is 7.26. The van der Waals surface area contributed by atoms with E-state index in [-0.39, 0.29) is 17.1 Å². The lowest BCUT2D eigenvalue weighted by Gasteiger charge is -2.06. The summed E-state index contributed by atoms with van der Waals surface area (Å²) >= 11 is 5.70. The Balaban J connectivity index is 2.71. The number of carbonyl (C=O) groups is 1. The minimum absolute atomic E-state index is 0.0229. The molecule has 0 atom stereocenters. The molecule has 3 nitrogen and oxygen atoms in total. The second-order valence-electron chi connectivity index (χ2n) is 2.64. The summed E-state index contributed by atoms with van der Waals surface area (Å²) in [5.41, 5.74) is 0.218. The number of aliphatic hydroxyl groups is 1. The van der Waals surface area contributed by atoms with E-state index in [9.17, 15) is 9.18 Å². The van der Waals surface area contributed by atoms with Crippen LogP contribution in [-0.4, -0.2) is 17.6 Å². The summed E-state index contributed by atoms with van der Waals surface area (Å²) in [5.74, 6) is -1.04. The van der Waals surface area contributed by atoms with E-state index < -0.39 is 18.3 Å². The summed E-state index contributed by atoms with van der Waals surface area (Å²) in [6.45, 7) is -0.642. The van der Waals surface area contributed by atoms with Crippen molar-refractivity contribution in [1.29, 1.82) is 0 Å². The molecule has 1 rings (SSSR count). The van der Waals surface area contributed by atoms with Crippen LogP contribution in [0.5, 0.6) is 0 Å². The molecule has 0 radical (unpaired) electrons. The number of carbonyl (C=O) groups excluding carboxylic acids is 1. The molecule has 1 amide bonds. The van der Waals surface area contributed by atoms with Crippen LogP contribution in [0.2, 0.25) is 5.02 Å². The van der Waals surface area contributed by atoms with Gasteiger partial charge in [-0.2, -0.15) is 0 Å². The molecule has 2 N–H and O–H groups in total. The predicted octanol–water partition coefficient (Wildman–Crippen LogP) is 1.09. The van der Waals surface area contributed by atoms with Gasteiger partial charge < -0.3 is 10.4 Å². The van der Waals surface area contributed by atoms with Gasteiger partial charge in [-0.05, 0) is 12.1 Å². The first-order chi connectivity index (χ1) is 6.65. The molecule has 0 bridgehead atoms. The van der Waals surface area contributed by atoms with Gasteiger partial charge in [0.05, 0.1) is 0 Å². The highest BCUT2D eigenvalue weighted by atomic mass is 35.5. The molecular formula is C9H9ClFNO2. The van der Waals surface area contributed by atoms with E-state index in [2.05, 4.69) is 5.32 Å². The average Bonchev–Trinajstić information content (AvgIpc) is 2.16. The molecule has 1 aromatic carbocycles. The van der Waals surface area contributed by atoms with E-state index in [4.69, 9.17) is 16.7 Å². The van der Waals surface area contributed by atoms with Gasteiger partial charge in [0.25, 0.3) is 0 Å². The molecule has 0 heterocycles. The highest BCUT2D eigenvalue weighted by molar-refractivity contribution is 6.31. The van der Waals surface area contributed by atoms with E-state index in [1.165, 1.54) is 18.2 Å². The quantitative estimate of drug-likeness (QED) is 0.796. The Morgan fingerprint density at radius 1 is 1.57 bits per heavy atom. The van der Waals surface area contributed by atoms with Crippen molar-refractivity contribution in [1.82, 2.24) is 5.32 Å². The fourth-order valence-electron chi connectivity index (χ4n) is 0.944. The molecular weight excluding hydrogens is 209 g/mol. The van der Waals surface area contributed by atoms with E-state index in [1.807, 2.05) is 0 Å². The molecule has 0 spiro atoms. The van der Waals surface area contributed by atoms with Crippen LogP contribution in [0.4, 0.5) is 4.39 Å². The number of rotatable bonds is 3. The fourth-order valence-corrected chi connectivity index (χ4v) is 1.17. The maximum Gasteiger partial charge on any atom is 0.245 e. The molecule has 0 unspecified atom stereocenters. The number of hydrogen-bond donors (Lipinski definition) is 2. The summed E-state index contributed by atoms with van der Waals surface area (Å²) < 4.78 is 13.1. The zero-order valence-corrected chi connectivity index (χ0v) is 8.01. The molecule has 0 saturated carbocycles. The van der Waals surface area contributed by atoms with E-state index in [1.54, 1.807) is 0 Å². The Hall–Kier alpha value is -1.13. The molecule has 14 heavy (non-hydrogen) atoms. The minimum atomic E-state index is -0.619. The molecule has 0 saturated heterocycles. The Bertz CT molecular complexity index is 323. The van der Waals surface area contributed by atoms with Crippen molar-refractivity contribution in [2.24, 2.45) is 0 Å². The van der Waals surface area contributed by atoms with Gasteiger partial charge >= 0.3 is 0 Å². The SMILES string of the molecule is O=C(CO)NCc1c(F)cccc1Cl. The largest absolute Gasteiger partial charge is 0.387 e. The fraction of sp³-hybridized carbons (Fsp3) is 0.222. The van der Waals surface area contributed by atoms with Crippen LogP contribution in [0, 0.1) is 5.82 Å². The summed E-state index contributed by atoms with van der Waals surface area (Å²) in [6, 6.07) is 4.27. The minimum Gasteiger partial charge on any atom is -0.387 e. The highest BCUT2D eigenvalue weighted by Crippen LogP contribution is 2.18. The summed E-state index contributed by atoms with van der Waals surface area (Å²) in [4.78, 5) is 10.7. The van der Waals surface area contributed by atoms with Gasteiger partial charge in [-0.25, -0.2) is 4.39 Å². The Morgan fingerprint density at radius 3 is 2.86 bits per heavy atom. The van der Waals surface area contributed by atoms with Crippen LogP contribution in [0.15, 0.2) is 18.2 Å². The van der Waals surface area contributed by atoms with E-state index in [0.29, 0.717) is 0 Å². The number of nitrogens with one attached hydrogen (secondary N) is 1. The third-order valence-electron chi connectivity index (χ3n) is 1.67. The first-order valence-electron chi connectivity index (χ1n) is 3.95. The third kappa shape index (κ3) is 2.68. The molecule has 5 heteroatoms. The maximum atomic E-state index is 13.1.